The van der Waals surface area contributed by atoms with Gasteiger partial charge in [0.15, 0.2) is 5.82 Å². The third-order valence-electron chi connectivity index (χ3n) is 6.55. The summed E-state index contributed by atoms with van der Waals surface area (Å²) in [6, 6.07) is 1.85. The molecule has 0 spiro atoms. The van der Waals surface area contributed by atoms with E-state index in [1.165, 1.54) is 25.7 Å². The molecule has 3 saturated carbocycles. The number of carbonyl (C=O) groups excluding carboxylic acids is 1. The van der Waals surface area contributed by atoms with Crippen molar-refractivity contribution in [2.45, 2.75) is 75.8 Å². The zero-order valence-electron chi connectivity index (χ0n) is 16.4. The molecular weight excluding hydrogens is 360 g/mol. The van der Waals surface area contributed by atoms with E-state index in [9.17, 15) is 9.59 Å². The number of carboxylic acid groups (broad SMARTS) is 1. The fourth-order valence-corrected chi connectivity index (χ4v) is 4.51. The molecule has 0 aromatic carbocycles. The van der Waals surface area contributed by atoms with Gasteiger partial charge >= 0.3 is 12.0 Å². The maximum atomic E-state index is 12.3. The Morgan fingerprint density at radius 3 is 2.68 bits per heavy atom. The number of hydrogen-bond donors (Lipinski definition) is 3. The smallest absolute Gasteiger partial charge is 0.320 e. The summed E-state index contributed by atoms with van der Waals surface area (Å²) in [5.74, 6) is 1.15. The molecule has 0 saturated heterocycles. The number of rotatable bonds is 8. The summed E-state index contributed by atoms with van der Waals surface area (Å²) in [6.45, 7) is 3.13. The molecule has 8 heteroatoms. The predicted octanol–water partition coefficient (Wildman–Crippen LogP) is 2.96. The normalized spacial score (nSPS) is 26.1. The van der Waals surface area contributed by atoms with Crippen molar-refractivity contribution in [1.82, 2.24) is 15.4 Å². The second-order valence-corrected chi connectivity index (χ2v) is 9.03. The number of nitrogens with zero attached hydrogens (tertiary/aromatic N) is 2. The summed E-state index contributed by atoms with van der Waals surface area (Å²) in [5, 5.41) is 18.8. The molecule has 1 heterocycles. The standard InChI is InChI=1S/C20H30N4O4/c1-20(6-2-3-7-20)16-10-17(23-28-16)22-19(27)21-14-8-15(9-14)24(12-18(25)26)11-13-4-5-13/h10,13-15H,2-9,11-12H2,1H3,(H,25,26)(H2,21,22,23,27). The van der Waals surface area contributed by atoms with Crippen molar-refractivity contribution in [3.8, 4) is 0 Å². The van der Waals surface area contributed by atoms with Gasteiger partial charge in [-0.1, -0.05) is 24.9 Å². The van der Waals surface area contributed by atoms with Gasteiger partial charge in [-0.15, -0.1) is 0 Å². The summed E-state index contributed by atoms with van der Waals surface area (Å²) < 4.78 is 5.47. The zero-order chi connectivity index (χ0) is 19.7. The first-order chi connectivity index (χ1) is 13.4. The monoisotopic (exact) mass is 390 g/mol. The lowest BCUT2D eigenvalue weighted by Gasteiger charge is -2.42. The largest absolute Gasteiger partial charge is 0.480 e. The lowest BCUT2D eigenvalue weighted by molar-refractivity contribution is -0.139. The Labute approximate surface area is 165 Å². The topological polar surface area (TPSA) is 108 Å². The molecule has 2 amide bonds. The molecule has 0 aliphatic heterocycles. The minimum absolute atomic E-state index is 0.0275. The number of hydrogen-bond acceptors (Lipinski definition) is 5. The van der Waals surface area contributed by atoms with Gasteiger partial charge in [-0.25, -0.2) is 4.79 Å². The van der Waals surface area contributed by atoms with E-state index in [1.54, 1.807) is 0 Å². The number of nitrogens with one attached hydrogen (secondary N) is 2. The molecule has 3 aliphatic carbocycles. The van der Waals surface area contributed by atoms with Crippen molar-refractivity contribution < 1.29 is 19.2 Å². The molecule has 3 aliphatic rings. The molecular formula is C20H30N4O4. The Balaban J connectivity index is 1.23. The molecule has 28 heavy (non-hydrogen) atoms. The van der Waals surface area contributed by atoms with Crippen LogP contribution in [-0.2, 0) is 10.2 Å². The number of carbonyl (C=O) groups is 2. The second-order valence-electron chi connectivity index (χ2n) is 9.03. The molecule has 1 aromatic rings. The molecule has 8 nitrogen and oxygen atoms in total. The Morgan fingerprint density at radius 1 is 1.32 bits per heavy atom. The SMILES string of the molecule is CC1(c2cc(NC(=O)NC3CC(N(CC(=O)O)CC4CC4)C3)no2)CCCC1. The zero-order valence-corrected chi connectivity index (χ0v) is 16.4. The quantitative estimate of drug-likeness (QED) is 0.630. The van der Waals surface area contributed by atoms with Gasteiger partial charge in [0.05, 0.1) is 6.54 Å². The molecule has 0 atom stereocenters. The van der Waals surface area contributed by atoms with Gasteiger partial charge in [-0.05, 0) is 44.4 Å². The van der Waals surface area contributed by atoms with Crippen LogP contribution < -0.4 is 10.6 Å². The van der Waals surface area contributed by atoms with Crippen molar-refractivity contribution in [2.75, 3.05) is 18.4 Å². The van der Waals surface area contributed by atoms with Gasteiger partial charge in [0.25, 0.3) is 0 Å². The van der Waals surface area contributed by atoms with E-state index in [0.29, 0.717) is 11.7 Å². The van der Waals surface area contributed by atoms with Gasteiger partial charge in [0, 0.05) is 30.1 Å². The van der Waals surface area contributed by atoms with Crippen LogP contribution in [0.15, 0.2) is 10.6 Å². The molecule has 4 rings (SSSR count). The average molecular weight is 390 g/mol. The predicted molar refractivity (Wildman–Crippen MR) is 103 cm³/mol. The molecule has 1 aromatic heterocycles. The van der Waals surface area contributed by atoms with Crippen LogP contribution in [0.25, 0.3) is 0 Å². The maximum Gasteiger partial charge on any atom is 0.320 e. The van der Waals surface area contributed by atoms with E-state index in [4.69, 9.17) is 9.63 Å². The number of amides is 2. The van der Waals surface area contributed by atoms with Crippen molar-refractivity contribution in [1.29, 1.82) is 0 Å². The minimum atomic E-state index is -0.785. The van der Waals surface area contributed by atoms with Gasteiger partial charge in [0.2, 0.25) is 0 Å². The first-order valence-electron chi connectivity index (χ1n) is 10.4. The molecule has 0 bridgehead atoms. The number of anilines is 1. The van der Waals surface area contributed by atoms with E-state index in [0.717, 1.165) is 38.0 Å². The van der Waals surface area contributed by atoms with Crippen LogP contribution in [0.3, 0.4) is 0 Å². The highest BCUT2D eigenvalue weighted by atomic mass is 16.5. The van der Waals surface area contributed by atoms with Crippen LogP contribution in [0, 0.1) is 5.92 Å². The number of carboxylic acids is 1. The van der Waals surface area contributed by atoms with Crippen LogP contribution in [0.1, 0.15) is 64.1 Å². The summed E-state index contributed by atoms with van der Waals surface area (Å²) >= 11 is 0. The molecule has 154 valence electrons. The van der Waals surface area contributed by atoms with Crippen LogP contribution in [0.2, 0.25) is 0 Å². The number of urea groups is 1. The Kier molecular flexibility index (Phi) is 5.31. The van der Waals surface area contributed by atoms with Crippen molar-refractivity contribution >= 4 is 17.8 Å². The van der Waals surface area contributed by atoms with Crippen LogP contribution in [-0.4, -0.2) is 52.3 Å². The van der Waals surface area contributed by atoms with E-state index >= 15 is 0 Å². The molecule has 0 radical (unpaired) electrons. The highest BCUT2D eigenvalue weighted by Gasteiger charge is 2.38. The van der Waals surface area contributed by atoms with E-state index < -0.39 is 5.97 Å². The summed E-state index contributed by atoms with van der Waals surface area (Å²) in [7, 11) is 0. The first kappa shape index (κ1) is 19.2. The van der Waals surface area contributed by atoms with Gasteiger partial charge in [-0.3, -0.25) is 15.0 Å². The van der Waals surface area contributed by atoms with Gasteiger partial charge < -0.3 is 14.9 Å². The third kappa shape index (κ3) is 4.48. The van der Waals surface area contributed by atoms with Crippen molar-refractivity contribution in [2.24, 2.45) is 5.92 Å². The average Bonchev–Trinajstić information content (AvgIpc) is 3.09. The summed E-state index contributed by atoms with van der Waals surface area (Å²) in [6.07, 6.45) is 8.55. The molecule has 3 fully saturated rings. The van der Waals surface area contributed by atoms with Crippen molar-refractivity contribution in [3.63, 3.8) is 0 Å². The fraction of sp³-hybridized carbons (Fsp3) is 0.750. The van der Waals surface area contributed by atoms with E-state index in [-0.39, 0.29) is 30.1 Å². The molecule has 0 unspecified atom stereocenters. The fourth-order valence-electron chi connectivity index (χ4n) is 4.51. The van der Waals surface area contributed by atoms with Crippen molar-refractivity contribution in [3.05, 3.63) is 11.8 Å². The Hall–Kier alpha value is -2.09. The first-order valence-corrected chi connectivity index (χ1v) is 10.4. The maximum absolute atomic E-state index is 12.3. The summed E-state index contributed by atoms with van der Waals surface area (Å²) in [5.41, 5.74) is 0.0275. The van der Waals surface area contributed by atoms with Crippen LogP contribution >= 0.6 is 0 Å². The Morgan fingerprint density at radius 2 is 2.04 bits per heavy atom. The summed E-state index contributed by atoms with van der Waals surface area (Å²) in [4.78, 5) is 25.4. The second kappa shape index (κ2) is 7.73. The highest BCUT2D eigenvalue weighted by Crippen LogP contribution is 2.41. The van der Waals surface area contributed by atoms with E-state index in [1.807, 2.05) is 6.07 Å². The number of aliphatic carboxylic acids is 1. The number of aromatic nitrogens is 1. The lowest BCUT2D eigenvalue weighted by Crippen LogP contribution is -2.55. The highest BCUT2D eigenvalue weighted by molar-refractivity contribution is 5.88. The van der Waals surface area contributed by atoms with E-state index in [2.05, 4.69) is 27.6 Å². The third-order valence-corrected chi connectivity index (χ3v) is 6.55. The van der Waals surface area contributed by atoms with Gasteiger partial charge in [0.1, 0.15) is 5.76 Å². The van der Waals surface area contributed by atoms with Crippen LogP contribution in [0.4, 0.5) is 10.6 Å². The minimum Gasteiger partial charge on any atom is -0.480 e. The lowest BCUT2D eigenvalue weighted by atomic mass is 9.85. The van der Waals surface area contributed by atoms with Crippen LogP contribution in [0.5, 0.6) is 0 Å². The molecule has 3 N–H and O–H groups in total. The van der Waals surface area contributed by atoms with Gasteiger partial charge in [-0.2, -0.15) is 0 Å². The Bertz CT molecular complexity index is 718.